The van der Waals surface area contributed by atoms with Crippen LogP contribution >= 0.6 is 0 Å². The van der Waals surface area contributed by atoms with Crippen LogP contribution in [0.2, 0.25) is 0 Å². The maximum absolute atomic E-state index is 12.1. The summed E-state index contributed by atoms with van der Waals surface area (Å²) in [4.78, 5) is 14.2. The largest absolute Gasteiger partial charge is 0.523 e. The van der Waals surface area contributed by atoms with Crippen LogP contribution in [-0.2, 0) is 11.3 Å². The van der Waals surface area contributed by atoms with Crippen molar-refractivity contribution in [1.82, 2.24) is 0 Å². The predicted molar refractivity (Wildman–Crippen MR) is 95.1 cm³/mol. The molecule has 0 saturated carbocycles. The lowest BCUT2D eigenvalue weighted by Gasteiger charge is -2.31. The van der Waals surface area contributed by atoms with E-state index < -0.39 is 0 Å². The summed E-state index contributed by atoms with van der Waals surface area (Å²) < 4.78 is 5.35. The number of carbonyl (C=O) groups excluding carboxylic acids is 1. The highest BCUT2D eigenvalue weighted by atomic mass is 16.5. The highest BCUT2D eigenvalue weighted by Gasteiger charge is 2.07. The maximum atomic E-state index is 12.1. The van der Waals surface area contributed by atoms with Crippen molar-refractivity contribution in [1.29, 1.82) is 0 Å². The normalized spacial score (nSPS) is 10.2. The molecule has 0 spiro atoms. The van der Waals surface area contributed by atoms with E-state index in [1.54, 1.807) is 18.2 Å². The van der Waals surface area contributed by atoms with Crippen molar-refractivity contribution in [2.24, 2.45) is 0 Å². The summed E-state index contributed by atoms with van der Waals surface area (Å²) >= 11 is 0. The fourth-order valence-corrected chi connectivity index (χ4v) is 2.29. The Bertz CT molecular complexity index is 640. The molecule has 120 valence electrons. The van der Waals surface area contributed by atoms with Gasteiger partial charge in [-0.25, -0.2) is 11.3 Å². The Hall–Kier alpha value is -2.55. The van der Waals surface area contributed by atoms with Gasteiger partial charge in [-0.1, -0.05) is 43.8 Å². The maximum Gasteiger partial charge on any atom is 0.338 e. The van der Waals surface area contributed by atoms with E-state index in [-0.39, 0.29) is 12.6 Å². The number of rotatable bonds is 7. The molecule has 0 saturated heterocycles. The van der Waals surface area contributed by atoms with Crippen molar-refractivity contribution in [2.45, 2.75) is 20.5 Å². The van der Waals surface area contributed by atoms with E-state index in [0.717, 1.165) is 23.4 Å². The predicted octanol–water partition coefficient (Wildman–Crippen LogP) is 4.69. The molecule has 23 heavy (non-hydrogen) atoms. The summed E-state index contributed by atoms with van der Waals surface area (Å²) in [5, 5.41) is 0. The van der Waals surface area contributed by atoms with Gasteiger partial charge in [-0.2, -0.15) is 6.92 Å². The second-order valence-corrected chi connectivity index (χ2v) is 5.11. The van der Waals surface area contributed by atoms with Gasteiger partial charge in [0.05, 0.1) is 5.56 Å². The number of carbonyl (C=O) groups is 1. The fourth-order valence-electron chi connectivity index (χ4n) is 2.29. The molecule has 2 rings (SSSR count). The Morgan fingerprint density at radius 3 is 2.35 bits per heavy atom. The smallest absolute Gasteiger partial charge is 0.338 e. The van der Waals surface area contributed by atoms with Crippen LogP contribution in [0.4, 0.5) is 5.69 Å². The third kappa shape index (κ3) is 4.46. The quantitative estimate of drug-likeness (QED) is 0.549. The molecule has 0 aliphatic rings. The standard InChI is InChI=1S/C20H22NO2/c1-4-16-7-9-17(10-8-16)15-23-20(22)18-11-13-19(14-12-18)21(5-2)6-3/h4-5,7-14H,1,6,15H2,2-3H3/q-1. The summed E-state index contributed by atoms with van der Waals surface area (Å²) in [7, 11) is 0. The van der Waals surface area contributed by atoms with E-state index >= 15 is 0 Å². The van der Waals surface area contributed by atoms with Crippen LogP contribution in [-0.4, -0.2) is 12.5 Å². The van der Waals surface area contributed by atoms with Gasteiger partial charge in [-0.15, -0.1) is 0 Å². The molecule has 0 aliphatic carbocycles. The minimum absolute atomic E-state index is 0.266. The van der Waals surface area contributed by atoms with E-state index in [0.29, 0.717) is 5.56 Å². The zero-order chi connectivity index (χ0) is 16.7. The summed E-state index contributed by atoms with van der Waals surface area (Å²) in [6.07, 6.45) is 1.78. The minimum atomic E-state index is -0.312. The third-order valence-electron chi connectivity index (χ3n) is 3.67. The van der Waals surface area contributed by atoms with Gasteiger partial charge in [-0.05, 0) is 41.9 Å². The lowest BCUT2D eigenvalue weighted by atomic mass is 10.1. The molecular formula is C20H22NO2-. The zero-order valence-electron chi connectivity index (χ0n) is 13.7. The first-order valence-corrected chi connectivity index (χ1v) is 7.72. The Balaban J connectivity index is 1.96. The molecule has 0 fully saturated rings. The van der Waals surface area contributed by atoms with Crippen LogP contribution in [0.1, 0.15) is 35.3 Å². The van der Waals surface area contributed by atoms with Gasteiger partial charge in [0.25, 0.3) is 0 Å². The average molecular weight is 308 g/mol. The van der Waals surface area contributed by atoms with Crippen molar-refractivity contribution in [3.05, 3.63) is 78.3 Å². The zero-order valence-corrected chi connectivity index (χ0v) is 13.7. The van der Waals surface area contributed by atoms with Crippen LogP contribution in [0.5, 0.6) is 0 Å². The monoisotopic (exact) mass is 308 g/mol. The van der Waals surface area contributed by atoms with Crippen LogP contribution in [0.25, 0.3) is 6.08 Å². The van der Waals surface area contributed by atoms with Crippen molar-refractivity contribution in [3.63, 3.8) is 0 Å². The molecule has 0 unspecified atom stereocenters. The second kappa shape index (κ2) is 8.18. The molecule has 0 aliphatic heterocycles. The Kier molecular flexibility index (Phi) is 5.98. The minimum Gasteiger partial charge on any atom is -0.523 e. The van der Waals surface area contributed by atoms with Gasteiger partial charge >= 0.3 is 5.97 Å². The number of nitrogens with zero attached hydrogens (tertiary/aromatic N) is 1. The molecule has 0 amide bonds. The first-order valence-electron chi connectivity index (χ1n) is 7.72. The average Bonchev–Trinajstić information content (AvgIpc) is 2.61. The topological polar surface area (TPSA) is 29.5 Å². The van der Waals surface area contributed by atoms with Gasteiger partial charge < -0.3 is 9.64 Å². The fraction of sp³-hybridized carbons (Fsp3) is 0.200. The molecule has 0 N–H and O–H groups in total. The third-order valence-corrected chi connectivity index (χ3v) is 3.67. The van der Waals surface area contributed by atoms with Crippen LogP contribution < -0.4 is 4.90 Å². The van der Waals surface area contributed by atoms with E-state index in [1.807, 2.05) is 49.9 Å². The van der Waals surface area contributed by atoms with Crippen LogP contribution in [0.3, 0.4) is 0 Å². The summed E-state index contributed by atoms with van der Waals surface area (Å²) in [6.45, 7) is 11.0. The number of hydrogen-bond donors (Lipinski definition) is 0. The van der Waals surface area contributed by atoms with Gasteiger partial charge in [0.1, 0.15) is 6.61 Å². The Morgan fingerprint density at radius 2 is 1.83 bits per heavy atom. The highest BCUT2D eigenvalue weighted by Crippen LogP contribution is 2.17. The van der Waals surface area contributed by atoms with E-state index in [4.69, 9.17) is 4.74 Å². The molecule has 0 radical (unpaired) electrons. The number of benzene rings is 2. The molecule has 0 aromatic heterocycles. The molecular weight excluding hydrogens is 286 g/mol. The van der Waals surface area contributed by atoms with Crippen molar-refractivity contribution in [2.75, 3.05) is 11.4 Å². The Labute approximate surface area is 138 Å². The first-order chi connectivity index (χ1) is 11.2. The van der Waals surface area contributed by atoms with E-state index in [9.17, 15) is 4.79 Å². The number of hydrogen-bond acceptors (Lipinski definition) is 3. The first kappa shape index (κ1) is 16.8. The van der Waals surface area contributed by atoms with Gasteiger partial charge in [-0.3, -0.25) is 0 Å². The second-order valence-electron chi connectivity index (χ2n) is 5.11. The molecule has 0 bridgehead atoms. The summed E-state index contributed by atoms with van der Waals surface area (Å²) in [5.74, 6) is -0.312. The highest BCUT2D eigenvalue weighted by molar-refractivity contribution is 5.89. The van der Waals surface area contributed by atoms with Gasteiger partial charge in [0.2, 0.25) is 0 Å². The van der Waals surface area contributed by atoms with Crippen molar-refractivity contribution in [3.8, 4) is 0 Å². The van der Waals surface area contributed by atoms with Crippen molar-refractivity contribution >= 4 is 17.7 Å². The van der Waals surface area contributed by atoms with Crippen molar-refractivity contribution < 1.29 is 9.53 Å². The van der Waals surface area contributed by atoms with Gasteiger partial charge in [0.15, 0.2) is 0 Å². The lowest BCUT2D eigenvalue weighted by Crippen LogP contribution is -2.17. The molecule has 2 aromatic rings. The molecule has 3 heteroatoms. The number of ether oxygens (including phenoxy) is 1. The molecule has 0 atom stereocenters. The summed E-state index contributed by atoms with van der Waals surface area (Å²) in [6, 6.07) is 15.2. The molecule has 2 aromatic carbocycles. The van der Waals surface area contributed by atoms with Crippen LogP contribution in [0, 0.1) is 6.54 Å². The lowest BCUT2D eigenvalue weighted by molar-refractivity contribution is 0.0473. The van der Waals surface area contributed by atoms with Gasteiger partial charge in [0, 0.05) is 5.69 Å². The molecule has 3 nitrogen and oxygen atoms in total. The number of esters is 1. The van der Waals surface area contributed by atoms with E-state index in [1.165, 1.54) is 0 Å². The van der Waals surface area contributed by atoms with Crippen LogP contribution in [0.15, 0.2) is 55.1 Å². The summed E-state index contributed by atoms with van der Waals surface area (Å²) in [5.41, 5.74) is 3.62. The molecule has 0 heterocycles. The van der Waals surface area contributed by atoms with E-state index in [2.05, 4.69) is 18.4 Å². The number of anilines is 1. The Morgan fingerprint density at radius 1 is 1.17 bits per heavy atom. The SMILES string of the molecule is C=Cc1ccc(COC(=O)c2ccc(N([CH-]C)CC)cc2)cc1.